The fourth-order valence-corrected chi connectivity index (χ4v) is 2.52. The number of nitrogens with one attached hydrogen (secondary N) is 1. The molecule has 0 saturated carbocycles. The Hall–Kier alpha value is -2.88. The van der Waals surface area contributed by atoms with Crippen molar-refractivity contribution in [2.45, 2.75) is 26.2 Å². The van der Waals surface area contributed by atoms with Gasteiger partial charge in [0, 0.05) is 30.1 Å². The Morgan fingerprint density at radius 1 is 1.12 bits per heavy atom. The molecule has 1 amide bonds. The zero-order valence-electron chi connectivity index (χ0n) is 13.7. The first-order chi connectivity index (χ1) is 11.8. The topological polar surface area (TPSA) is 55.1 Å². The molecule has 0 atom stereocenters. The molecule has 1 N–H and O–H groups in total. The van der Waals surface area contributed by atoms with Gasteiger partial charge in [0.05, 0.1) is 5.56 Å². The maximum atomic E-state index is 12.6. The third-order valence-electron chi connectivity index (χ3n) is 3.80. The molecule has 0 aliphatic heterocycles. The Kier molecular flexibility index (Phi) is 5.06. The number of aromatic nitrogens is 1. The summed E-state index contributed by atoms with van der Waals surface area (Å²) in [5, 5.41) is 2.90. The van der Waals surface area contributed by atoms with Crippen LogP contribution in [-0.2, 0) is 6.42 Å². The van der Waals surface area contributed by atoms with Crippen molar-refractivity contribution in [3.05, 3.63) is 72.2 Å². The molecule has 0 fully saturated rings. The second kappa shape index (κ2) is 7.59. The minimum atomic E-state index is -0.176. The fourth-order valence-electron chi connectivity index (χ4n) is 2.52. The van der Waals surface area contributed by atoms with E-state index >= 15 is 0 Å². The van der Waals surface area contributed by atoms with Crippen molar-refractivity contribution in [1.82, 2.24) is 4.98 Å². The Morgan fingerprint density at radius 2 is 1.96 bits per heavy atom. The van der Waals surface area contributed by atoms with E-state index in [9.17, 15) is 4.79 Å². The van der Waals surface area contributed by atoms with E-state index < -0.39 is 0 Å². The van der Waals surface area contributed by atoms with Gasteiger partial charge in [-0.1, -0.05) is 31.5 Å². The molecule has 1 aromatic carbocycles. The van der Waals surface area contributed by atoms with Gasteiger partial charge in [-0.2, -0.15) is 0 Å². The summed E-state index contributed by atoms with van der Waals surface area (Å²) in [4.78, 5) is 16.7. The van der Waals surface area contributed by atoms with Gasteiger partial charge in [0.1, 0.15) is 11.5 Å². The van der Waals surface area contributed by atoms with E-state index in [0.29, 0.717) is 16.9 Å². The van der Waals surface area contributed by atoms with Crippen LogP contribution in [0.4, 0.5) is 5.69 Å². The Balaban J connectivity index is 1.85. The van der Waals surface area contributed by atoms with Crippen LogP contribution in [0.25, 0.3) is 11.3 Å². The van der Waals surface area contributed by atoms with Crippen molar-refractivity contribution < 1.29 is 9.21 Å². The summed E-state index contributed by atoms with van der Waals surface area (Å²) >= 11 is 0. The van der Waals surface area contributed by atoms with Gasteiger partial charge in [0.2, 0.25) is 0 Å². The number of para-hydroxylation sites is 1. The number of hydrogen-bond donors (Lipinski definition) is 1. The quantitative estimate of drug-likeness (QED) is 0.700. The summed E-state index contributed by atoms with van der Waals surface area (Å²) in [5.41, 5.74) is 2.01. The van der Waals surface area contributed by atoms with Gasteiger partial charge in [-0.15, -0.1) is 0 Å². The van der Waals surface area contributed by atoms with Crippen molar-refractivity contribution in [2.24, 2.45) is 0 Å². The molecule has 4 heteroatoms. The Labute approximate surface area is 141 Å². The predicted octanol–water partition coefficient (Wildman–Crippen LogP) is 4.94. The number of unbranched alkanes of at least 4 members (excludes halogenated alkanes) is 1. The molecule has 0 bridgehead atoms. The minimum Gasteiger partial charge on any atom is -0.461 e. The maximum absolute atomic E-state index is 12.6. The predicted molar refractivity (Wildman–Crippen MR) is 94.9 cm³/mol. The van der Waals surface area contributed by atoms with E-state index in [4.69, 9.17) is 4.42 Å². The van der Waals surface area contributed by atoms with Gasteiger partial charge < -0.3 is 9.73 Å². The van der Waals surface area contributed by atoms with Crippen LogP contribution in [0.2, 0.25) is 0 Å². The lowest BCUT2D eigenvalue weighted by atomic mass is 10.1. The van der Waals surface area contributed by atoms with Crippen LogP contribution in [0.1, 0.15) is 35.9 Å². The molecule has 0 unspecified atom stereocenters. The lowest BCUT2D eigenvalue weighted by Gasteiger charge is -2.08. The Morgan fingerprint density at radius 3 is 2.75 bits per heavy atom. The highest BCUT2D eigenvalue weighted by Gasteiger charge is 2.15. The molecule has 4 nitrogen and oxygen atoms in total. The molecule has 0 spiro atoms. The molecule has 0 radical (unpaired) electrons. The first kappa shape index (κ1) is 16.0. The first-order valence-electron chi connectivity index (χ1n) is 8.17. The number of rotatable bonds is 6. The zero-order valence-corrected chi connectivity index (χ0v) is 13.7. The summed E-state index contributed by atoms with van der Waals surface area (Å²) in [6, 6.07) is 15.0. The maximum Gasteiger partial charge on any atom is 0.256 e. The van der Waals surface area contributed by atoms with Gasteiger partial charge in [0.15, 0.2) is 0 Å². The number of amides is 1. The monoisotopic (exact) mass is 320 g/mol. The fraction of sp³-hybridized carbons (Fsp3) is 0.200. The Bertz CT molecular complexity index is 809. The summed E-state index contributed by atoms with van der Waals surface area (Å²) in [6.07, 6.45) is 6.39. The summed E-state index contributed by atoms with van der Waals surface area (Å²) < 4.78 is 5.89. The molecule has 2 aromatic heterocycles. The molecule has 2 heterocycles. The van der Waals surface area contributed by atoms with Crippen molar-refractivity contribution in [3.8, 4) is 11.3 Å². The van der Waals surface area contributed by atoms with Crippen LogP contribution < -0.4 is 5.32 Å². The van der Waals surface area contributed by atoms with Crippen LogP contribution in [0.5, 0.6) is 0 Å². The van der Waals surface area contributed by atoms with E-state index in [2.05, 4.69) is 17.2 Å². The molecule has 3 aromatic rings. The van der Waals surface area contributed by atoms with E-state index in [1.807, 2.05) is 42.5 Å². The van der Waals surface area contributed by atoms with Crippen LogP contribution in [0, 0.1) is 0 Å². The number of furan rings is 1. The van der Waals surface area contributed by atoms with E-state index in [1.165, 1.54) is 0 Å². The van der Waals surface area contributed by atoms with Gasteiger partial charge in [-0.3, -0.25) is 9.78 Å². The second-order valence-corrected chi connectivity index (χ2v) is 5.61. The third-order valence-corrected chi connectivity index (χ3v) is 3.80. The standard InChI is InChI=1S/C20H20N2O2/c1-2-3-9-16-10-11-19(24-16)18-14-21-13-12-17(18)20(23)22-15-7-5-4-6-8-15/h4-8,10-14H,2-3,9H2,1H3,(H,22,23). The summed E-state index contributed by atoms with van der Waals surface area (Å²) in [5.74, 6) is 1.43. The van der Waals surface area contributed by atoms with Crippen LogP contribution in [0.15, 0.2) is 65.3 Å². The van der Waals surface area contributed by atoms with Gasteiger partial charge in [-0.25, -0.2) is 0 Å². The van der Waals surface area contributed by atoms with E-state index in [1.54, 1.807) is 18.5 Å². The highest BCUT2D eigenvalue weighted by atomic mass is 16.3. The number of hydrogen-bond acceptors (Lipinski definition) is 3. The highest BCUT2D eigenvalue weighted by molar-refractivity contribution is 6.08. The lowest BCUT2D eigenvalue weighted by molar-refractivity contribution is 0.102. The lowest BCUT2D eigenvalue weighted by Crippen LogP contribution is -2.13. The van der Waals surface area contributed by atoms with Gasteiger partial charge in [0.25, 0.3) is 5.91 Å². The molecule has 0 aliphatic rings. The van der Waals surface area contributed by atoms with E-state index in [-0.39, 0.29) is 5.91 Å². The van der Waals surface area contributed by atoms with Crippen LogP contribution in [-0.4, -0.2) is 10.9 Å². The third kappa shape index (κ3) is 3.71. The average Bonchev–Trinajstić information content (AvgIpc) is 3.09. The van der Waals surface area contributed by atoms with Crippen molar-refractivity contribution >= 4 is 11.6 Å². The minimum absolute atomic E-state index is 0.176. The number of benzene rings is 1. The summed E-state index contributed by atoms with van der Waals surface area (Å²) in [6.45, 7) is 2.15. The summed E-state index contributed by atoms with van der Waals surface area (Å²) in [7, 11) is 0. The molecular weight excluding hydrogens is 300 g/mol. The number of carbonyl (C=O) groups excluding carboxylic acids is 1. The van der Waals surface area contributed by atoms with E-state index in [0.717, 1.165) is 30.7 Å². The number of nitrogens with zero attached hydrogens (tertiary/aromatic N) is 1. The molecule has 0 aliphatic carbocycles. The van der Waals surface area contributed by atoms with Gasteiger partial charge in [-0.05, 0) is 36.8 Å². The van der Waals surface area contributed by atoms with Crippen molar-refractivity contribution in [1.29, 1.82) is 0 Å². The van der Waals surface area contributed by atoms with Crippen LogP contribution >= 0.6 is 0 Å². The number of anilines is 1. The normalized spacial score (nSPS) is 10.5. The zero-order chi connectivity index (χ0) is 16.8. The average molecular weight is 320 g/mol. The van der Waals surface area contributed by atoms with Gasteiger partial charge >= 0.3 is 0 Å². The molecule has 122 valence electrons. The largest absolute Gasteiger partial charge is 0.461 e. The number of carbonyl (C=O) groups is 1. The first-order valence-corrected chi connectivity index (χ1v) is 8.17. The second-order valence-electron chi connectivity index (χ2n) is 5.61. The molecule has 24 heavy (non-hydrogen) atoms. The SMILES string of the molecule is CCCCc1ccc(-c2cnccc2C(=O)Nc2ccccc2)o1. The number of aryl methyl sites for hydroxylation is 1. The number of pyridine rings is 1. The molecule has 0 saturated heterocycles. The van der Waals surface area contributed by atoms with Crippen molar-refractivity contribution in [2.75, 3.05) is 5.32 Å². The smallest absolute Gasteiger partial charge is 0.256 e. The molecular formula is C20H20N2O2. The van der Waals surface area contributed by atoms with Crippen molar-refractivity contribution in [3.63, 3.8) is 0 Å². The van der Waals surface area contributed by atoms with Crippen LogP contribution in [0.3, 0.4) is 0 Å². The molecule has 3 rings (SSSR count). The highest BCUT2D eigenvalue weighted by Crippen LogP contribution is 2.26.